The summed E-state index contributed by atoms with van der Waals surface area (Å²) in [5.74, 6) is -0.813. The fourth-order valence-corrected chi connectivity index (χ4v) is 5.42. The van der Waals surface area contributed by atoms with Gasteiger partial charge in [0, 0.05) is 44.5 Å². The van der Waals surface area contributed by atoms with E-state index in [1.165, 1.54) is 24.8 Å². The van der Waals surface area contributed by atoms with Gasteiger partial charge in [0.2, 0.25) is 5.91 Å². The smallest absolute Gasteiger partial charge is 0.255 e. The highest BCUT2D eigenvalue weighted by Gasteiger charge is 2.22. The lowest BCUT2D eigenvalue weighted by Crippen LogP contribution is -2.22. The van der Waals surface area contributed by atoms with Crippen LogP contribution in [0.1, 0.15) is 17.3 Å². The van der Waals surface area contributed by atoms with Crippen molar-refractivity contribution in [2.45, 2.75) is 44.5 Å². The van der Waals surface area contributed by atoms with Crippen molar-refractivity contribution < 1.29 is 18.7 Å². The summed E-state index contributed by atoms with van der Waals surface area (Å²) in [6, 6.07) is 17.8. The monoisotopic (exact) mass is 591 g/mol. The molecule has 0 aliphatic heterocycles. The summed E-state index contributed by atoms with van der Waals surface area (Å²) < 4.78 is 23.0. The van der Waals surface area contributed by atoms with E-state index < -0.39 is 19.8 Å². The number of pyridine rings is 1. The maximum atomic E-state index is 14.9. The number of anilines is 2. The van der Waals surface area contributed by atoms with Crippen LogP contribution in [0.15, 0.2) is 72.0 Å². The van der Waals surface area contributed by atoms with Crippen LogP contribution >= 0.6 is 11.8 Å². The molecule has 41 heavy (non-hydrogen) atoms. The maximum Gasteiger partial charge on any atom is 0.255 e. The van der Waals surface area contributed by atoms with E-state index >= 15 is 0 Å². The van der Waals surface area contributed by atoms with Crippen molar-refractivity contribution in [2.75, 3.05) is 23.5 Å². The van der Waals surface area contributed by atoms with Crippen molar-refractivity contribution in [3.8, 4) is 22.5 Å². The first-order valence-corrected chi connectivity index (χ1v) is 18.1. The van der Waals surface area contributed by atoms with Gasteiger partial charge in [-0.2, -0.15) is 0 Å². The first kappa shape index (κ1) is 30.2. The molecule has 0 atom stereocenters. The highest BCUT2D eigenvalue weighted by molar-refractivity contribution is 7.98. The third-order valence-corrected chi connectivity index (χ3v) is 8.57. The number of nitrogens with one attached hydrogen (secondary N) is 2. The van der Waals surface area contributed by atoms with E-state index in [1.54, 1.807) is 48.7 Å². The molecule has 2 aromatic heterocycles. The molecule has 0 saturated heterocycles. The molecule has 0 aliphatic carbocycles. The van der Waals surface area contributed by atoms with E-state index in [2.05, 4.69) is 35.3 Å². The molecule has 0 bridgehead atoms. The van der Waals surface area contributed by atoms with Gasteiger partial charge in [-0.25, -0.2) is 14.4 Å². The first-order chi connectivity index (χ1) is 19.6. The van der Waals surface area contributed by atoms with Crippen molar-refractivity contribution in [3.05, 3.63) is 78.2 Å². The van der Waals surface area contributed by atoms with Crippen LogP contribution in [0, 0.1) is 5.82 Å². The van der Waals surface area contributed by atoms with E-state index in [1.807, 2.05) is 23.0 Å². The van der Waals surface area contributed by atoms with Crippen LogP contribution in [-0.2, 0) is 16.3 Å². The highest BCUT2D eigenvalue weighted by Crippen LogP contribution is 2.37. The van der Waals surface area contributed by atoms with Gasteiger partial charge in [-0.05, 0) is 54.8 Å². The second kappa shape index (κ2) is 13.2. The van der Waals surface area contributed by atoms with Crippen LogP contribution in [0.4, 0.5) is 15.9 Å². The average Bonchev–Trinajstić information content (AvgIpc) is 3.30. The van der Waals surface area contributed by atoms with Crippen LogP contribution in [0.3, 0.4) is 0 Å². The summed E-state index contributed by atoms with van der Waals surface area (Å²) in [7, 11) is -1.29. The third-order valence-electron chi connectivity index (χ3n) is 6.19. The lowest BCUT2D eigenvalue weighted by Gasteiger charge is -2.17. The molecule has 0 aliphatic rings. The minimum Gasteiger partial charge on any atom is -0.361 e. The summed E-state index contributed by atoms with van der Waals surface area (Å²) in [5.41, 5.74) is 3.13. The van der Waals surface area contributed by atoms with Gasteiger partial charge in [-0.3, -0.25) is 14.2 Å². The number of hydrogen-bond donors (Lipinski definition) is 2. The predicted octanol–water partition coefficient (Wildman–Crippen LogP) is 7.00. The number of carbonyl (C=O) groups is 2. The molecule has 2 amide bonds. The normalized spacial score (nSPS) is 11.4. The Balaban J connectivity index is 1.78. The minimum absolute atomic E-state index is 0.0441. The summed E-state index contributed by atoms with van der Waals surface area (Å²) in [4.78, 5) is 33.7. The van der Waals surface area contributed by atoms with Crippen molar-refractivity contribution in [2.24, 2.45) is 0 Å². The molecule has 2 aromatic carbocycles. The molecule has 4 aromatic rings. The molecule has 214 valence electrons. The van der Waals surface area contributed by atoms with Gasteiger partial charge in [0.25, 0.3) is 5.91 Å². The molecular weight excluding hydrogens is 558 g/mol. The summed E-state index contributed by atoms with van der Waals surface area (Å²) in [6.07, 6.45) is 3.54. The van der Waals surface area contributed by atoms with Gasteiger partial charge in [0.15, 0.2) is 5.16 Å². The zero-order valence-corrected chi connectivity index (χ0v) is 25.6. The minimum atomic E-state index is -1.29. The van der Waals surface area contributed by atoms with Crippen LogP contribution in [0.25, 0.3) is 22.5 Å². The Kier molecular flexibility index (Phi) is 9.74. The molecule has 0 unspecified atom stereocenters. The zero-order chi connectivity index (χ0) is 29.6. The molecule has 4 rings (SSSR count). The Morgan fingerprint density at radius 1 is 1.02 bits per heavy atom. The number of ether oxygens (including phenoxy) is 1. The summed E-state index contributed by atoms with van der Waals surface area (Å²) in [6.45, 7) is 9.21. The number of benzene rings is 2. The van der Waals surface area contributed by atoms with Crippen molar-refractivity contribution in [1.29, 1.82) is 0 Å². The van der Waals surface area contributed by atoms with Crippen LogP contribution in [0.2, 0.25) is 25.7 Å². The number of nitrogens with zero attached hydrogens (tertiary/aromatic N) is 3. The van der Waals surface area contributed by atoms with E-state index in [0.717, 1.165) is 17.3 Å². The predicted molar refractivity (Wildman–Crippen MR) is 165 cm³/mol. The number of carbonyl (C=O) groups excluding carboxylic acids is 2. The fourth-order valence-electron chi connectivity index (χ4n) is 4.11. The van der Waals surface area contributed by atoms with Crippen molar-refractivity contribution in [3.63, 3.8) is 0 Å². The lowest BCUT2D eigenvalue weighted by molar-refractivity contribution is -0.114. The number of amides is 2. The van der Waals surface area contributed by atoms with E-state index in [4.69, 9.17) is 9.72 Å². The number of imidazole rings is 1. The van der Waals surface area contributed by atoms with Gasteiger partial charge < -0.3 is 15.4 Å². The molecule has 0 fully saturated rings. The molecule has 0 radical (unpaired) electrons. The molecule has 8 nitrogen and oxygen atoms in total. The molecule has 0 saturated carbocycles. The molecule has 2 heterocycles. The average molecular weight is 592 g/mol. The SMILES string of the molecule is CSc1nc(-c2ccc(F)c(NC(=O)c3ccccc3)c2)c(-c2ccnc(NC(C)=O)c2)n1COCC[Si](C)(C)C. The Labute approximate surface area is 244 Å². The Hall–Kier alpha value is -3.80. The molecule has 11 heteroatoms. The lowest BCUT2D eigenvalue weighted by atomic mass is 10.0. The fraction of sp³-hybridized carbons (Fsp3) is 0.267. The van der Waals surface area contributed by atoms with Gasteiger partial charge in [-0.1, -0.05) is 49.6 Å². The number of hydrogen-bond acceptors (Lipinski definition) is 6. The second-order valence-corrected chi connectivity index (χ2v) is 17.1. The van der Waals surface area contributed by atoms with E-state index in [0.29, 0.717) is 34.4 Å². The van der Waals surface area contributed by atoms with Crippen LogP contribution in [-0.4, -0.2) is 47.3 Å². The summed E-state index contributed by atoms with van der Waals surface area (Å²) >= 11 is 1.46. The maximum absolute atomic E-state index is 14.9. The Morgan fingerprint density at radius 3 is 2.46 bits per heavy atom. The van der Waals surface area contributed by atoms with Crippen molar-refractivity contribution >= 4 is 43.2 Å². The van der Waals surface area contributed by atoms with Crippen LogP contribution < -0.4 is 10.6 Å². The second-order valence-electron chi connectivity index (χ2n) is 10.7. The molecule has 0 spiro atoms. The van der Waals surface area contributed by atoms with Gasteiger partial charge in [0.1, 0.15) is 18.4 Å². The van der Waals surface area contributed by atoms with E-state index in [-0.39, 0.29) is 18.3 Å². The molecule has 2 N–H and O–H groups in total. The van der Waals surface area contributed by atoms with Crippen molar-refractivity contribution in [1.82, 2.24) is 14.5 Å². The molecular formula is C30H34FN5O3SSi. The topological polar surface area (TPSA) is 98.1 Å². The Morgan fingerprint density at radius 2 is 1.78 bits per heavy atom. The van der Waals surface area contributed by atoms with Gasteiger partial charge in [-0.15, -0.1) is 0 Å². The highest BCUT2D eigenvalue weighted by atomic mass is 32.2. The number of thioether (sulfide) groups is 1. The first-order valence-electron chi connectivity index (χ1n) is 13.2. The Bertz CT molecular complexity index is 1540. The quantitative estimate of drug-likeness (QED) is 0.111. The van der Waals surface area contributed by atoms with Gasteiger partial charge >= 0.3 is 0 Å². The number of aromatic nitrogens is 3. The standard InChI is InChI=1S/C30H34FN5O3SSi/c1-20(37)33-26-18-23(13-14-32-26)28-27(35-30(40-2)36(28)19-39-15-16-41(3,4)5)22-11-12-24(31)25(17-22)34-29(38)21-9-7-6-8-10-21/h6-14,17-18H,15-16,19H2,1-5H3,(H,34,38)(H,32,33,37). The van der Waals surface area contributed by atoms with Gasteiger partial charge in [0.05, 0.1) is 17.1 Å². The largest absolute Gasteiger partial charge is 0.361 e. The summed E-state index contributed by atoms with van der Waals surface area (Å²) in [5, 5.41) is 6.12. The number of halogens is 1. The van der Waals surface area contributed by atoms with E-state index in [9.17, 15) is 14.0 Å². The zero-order valence-electron chi connectivity index (χ0n) is 23.8. The number of rotatable bonds is 11. The van der Waals surface area contributed by atoms with Crippen LogP contribution in [0.5, 0.6) is 0 Å². The third kappa shape index (κ3) is 7.90.